The van der Waals surface area contributed by atoms with Gasteiger partial charge in [-0.1, -0.05) is 6.08 Å². The van der Waals surface area contributed by atoms with Crippen molar-refractivity contribution in [2.24, 2.45) is 0 Å². The number of hydrogen-bond acceptors (Lipinski definition) is 4. The zero-order valence-electron chi connectivity index (χ0n) is 6.61. The molecule has 5 nitrogen and oxygen atoms in total. The Labute approximate surface area is 69.8 Å². The van der Waals surface area contributed by atoms with Crippen LogP contribution in [0.4, 0.5) is 0 Å². The summed E-state index contributed by atoms with van der Waals surface area (Å²) >= 11 is 0. The van der Waals surface area contributed by atoms with Gasteiger partial charge >= 0.3 is 0 Å². The van der Waals surface area contributed by atoms with Crippen LogP contribution in [0.15, 0.2) is 23.9 Å². The van der Waals surface area contributed by atoms with E-state index in [2.05, 4.69) is 10.2 Å². The lowest BCUT2D eigenvalue weighted by atomic mass is 10.1. The molecule has 1 N–H and O–H groups in total. The van der Waals surface area contributed by atoms with Gasteiger partial charge in [0.05, 0.1) is 6.04 Å². The van der Waals surface area contributed by atoms with Gasteiger partial charge in [-0.3, -0.25) is 0 Å². The smallest absolute Gasteiger partial charge is 0.294 e. The second-order valence-corrected chi connectivity index (χ2v) is 2.32. The molecule has 0 saturated heterocycles. The lowest BCUT2D eigenvalue weighted by Crippen LogP contribution is -2.20. The summed E-state index contributed by atoms with van der Waals surface area (Å²) in [6.07, 6.45) is 5.30. The van der Waals surface area contributed by atoms with Crippen molar-refractivity contribution >= 4 is 0 Å². The molecule has 0 aromatic carbocycles. The summed E-state index contributed by atoms with van der Waals surface area (Å²) in [4.78, 5) is 14.1. The van der Waals surface area contributed by atoms with Crippen LogP contribution in [0.25, 0.3) is 0 Å². The van der Waals surface area contributed by atoms with Gasteiger partial charge in [-0.25, -0.2) is 0 Å². The minimum atomic E-state index is -0.799. The first-order valence-corrected chi connectivity index (χ1v) is 3.43. The highest BCUT2D eigenvalue weighted by Crippen LogP contribution is 2.13. The minimum absolute atomic E-state index is 0.00380. The van der Waals surface area contributed by atoms with Crippen molar-refractivity contribution < 1.29 is 9.92 Å². The SMILES string of the molecule is C[C]1NC=CC=C1CO[N+](=O)[O-]. The van der Waals surface area contributed by atoms with Gasteiger partial charge in [-0.15, -0.1) is 10.1 Å². The van der Waals surface area contributed by atoms with Gasteiger partial charge in [0.25, 0.3) is 5.09 Å². The highest BCUT2D eigenvalue weighted by atomic mass is 16.9. The summed E-state index contributed by atoms with van der Waals surface area (Å²) in [7, 11) is 0. The summed E-state index contributed by atoms with van der Waals surface area (Å²) in [6, 6.07) is 0.874. The van der Waals surface area contributed by atoms with Crippen molar-refractivity contribution in [3.05, 3.63) is 40.1 Å². The van der Waals surface area contributed by atoms with Crippen molar-refractivity contribution in [1.29, 1.82) is 0 Å². The quantitative estimate of drug-likeness (QED) is 0.501. The highest BCUT2D eigenvalue weighted by Gasteiger charge is 2.11. The molecular formula is C7H9N2O3. The number of allylic oxidation sites excluding steroid dienone is 2. The second kappa shape index (κ2) is 3.75. The molecule has 0 bridgehead atoms. The topological polar surface area (TPSA) is 64.4 Å². The molecule has 1 heterocycles. The average Bonchev–Trinajstić information content (AvgIpc) is 2.03. The van der Waals surface area contributed by atoms with Crippen LogP contribution in [0, 0.1) is 16.2 Å². The van der Waals surface area contributed by atoms with E-state index >= 15 is 0 Å². The standard InChI is InChI=1S/C7H9N2O3/c1-6-7(3-2-4-8-6)5-12-9(10)11/h2-4,8H,5H2,1H3. The Bertz CT molecular complexity index is 235. The fourth-order valence-corrected chi connectivity index (χ4v) is 0.834. The van der Waals surface area contributed by atoms with Crippen LogP contribution in [0.3, 0.4) is 0 Å². The summed E-state index contributed by atoms with van der Waals surface area (Å²) in [5, 5.41) is 12.0. The normalized spacial score (nSPS) is 16.6. The van der Waals surface area contributed by atoms with Gasteiger partial charge in [-0.2, -0.15) is 0 Å². The largest absolute Gasteiger partial charge is 0.379 e. The predicted octanol–water partition coefficient (Wildman–Crippen LogP) is 0.790. The van der Waals surface area contributed by atoms with Gasteiger partial charge < -0.3 is 10.2 Å². The van der Waals surface area contributed by atoms with Gasteiger partial charge in [0.2, 0.25) is 0 Å². The Morgan fingerprint density at radius 3 is 3.08 bits per heavy atom. The van der Waals surface area contributed by atoms with Crippen LogP contribution < -0.4 is 5.32 Å². The predicted molar refractivity (Wildman–Crippen MR) is 42.2 cm³/mol. The van der Waals surface area contributed by atoms with Crippen LogP contribution in [0.2, 0.25) is 0 Å². The minimum Gasteiger partial charge on any atom is -0.379 e. The molecule has 12 heavy (non-hydrogen) atoms. The summed E-state index contributed by atoms with van der Waals surface area (Å²) in [5.41, 5.74) is 0.786. The maximum Gasteiger partial charge on any atom is 0.294 e. The van der Waals surface area contributed by atoms with Gasteiger partial charge in [0.1, 0.15) is 6.61 Å². The first-order valence-electron chi connectivity index (χ1n) is 3.43. The number of hydrogen-bond donors (Lipinski definition) is 1. The molecule has 1 radical (unpaired) electrons. The average molecular weight is 169 g/mol. The molecule has 1 rings (SSSR count). The maximum absolute atomic E-state index is 9.86. The Balaban J connectivity index is 2.44. The Hall–Kier alpha value is -1.52. The Morgan fingerprint density at radius 2 is 2.50 bits per heavy atom. The third kappa shape index (κ3) is 2.26. The van der Waals surface area contributed by atoms with Crippen molar-refractivity contribution in [1.82, 2.24) is 5.32 Å². The molecule has 5 heteroatoms. The van der Waals surface area contributed by atoms with Gasteiger partial charge in [0, 0.05) is 0 Å². The van der Waals surface area contributed by atoms with Crippen molar-refractivity contribution in [2.75, 3.05) is 6.61 Å². The fourth-order valence-electron chi connectivity index (χ4n) is 0.834. The molecular weight excluding hydrogens is 160 g/mol. The third-order valence-electron chi connectivity index (χ3n) is 1.50. The maximum atomic E-state index is 9.86. The van der Waals surface area contributed by atoms with Crippen molar-refractivity contribution in [3.8, 4) is 0 Å². The van der Waals surface area contributed by atoms with Crippen molar-refractivity contribution in [3.63, 3.8) is 0 Å². The first-order chi connectivity index (χ1) is 5.70. The molecule has 0 amide bonds. The highest BCUT2D eigenvalue weighted by molar-refractivity contribution is 5.30. The molecule has 0 fully saturated rings. The van der Waals surface area contributed by atoms with Crippen LogP contribution >= 0.6 is 0 Å². The molecule has 0 aliphatic carbocycles. The molecule has 65 valence electrons. The molecule has 0 unspecified atom stereocenters. The first kappa shape index (κ1) is 8.58. The van der Waals surface area contributed by atoms with Crippen LogP contribution in [-0.4, -0.2) is 11.7 Å². The Kier molecular flexibility index (Phi) is 2.68. The molecule has 0 aromatic heterocycles. The lowest BCUT2D eigenvalue weighted by Gasteiger charge is -2.16. The van der Waals surface area contributed by atoms with Gasteiger partial charge in [-0.05, 0) is 24.8 Å². The Morgan fingerprint density at radius 1 is 1.75 bits per heavy atom. The number of nitrogens with zero attached hydrogens (tertiary/aromatic N) is 1. The van der Waals surface area contributed by atoms with E-state index in [-0.39, 0.29) is 6.61 Å². The van der Waals surface area contributed by atoms with E-state index in [9.17, 15) is 10.1 Å². The van der Waals surface area contributed by atoms with E-state index in [1.807, 2.05) is 6.92 Å². The monoisotopic (exact) mass is 169 g/mol. The van der Waals surface area contributed by atoms with Crippen LogP contribution in [-0.2, 0) is 4.84 Å². The molecule has 0 atom stereocenters. The van der Waals surface area contributed by atoms with E-state index < -0.39 is 5.09 Å². The summed E-state index contributed by atoms with van der Waals surface area (Å²) in [6.45, 7) is 1.83. The van der Waals surface area contributed by atoms with E-state index in [0.29, 0.717) is 0 Å². The summed E-state index contributed by atoms with van der Waals surface area (Å²) in [5.74, 6) is 0. The van der Waals surface area contributed by atoms with E-state index in [0.717, 1.165) is 11.6 Å². The van der Waals surface area contributed by atoms with E-state index in [1.54, 1.807) is 18.4 Å². The molecule has 1 aliphatic heterocycles. The number of nitrogens with one attached hydrogen (secondary N) is 1. The van der Waals surface area contributed by atoms with Gasteiger partial charge in [0.15, 0.2) is 0 Å². The van der Waals surface area contributed by atoms with E-state index in [4.69, 9.17) is 0 Å². The zero-order valence-corrected chi connectivity index (χ0v) is 6.61. The molecule has 0 saturated carbocycles. The molecule has 0 aromatic rings. The lowest BCUT2D eigenvalue weighted by molar-refractivity contribution is -0.755. The van der Waals surface area contributed by atoms with E-state index in [1.165, 1.54) is 0 Å². The molecule has 0 spiro atoms. The van der Waals surface area contributed by atoms with Crippen molar-refractivity contribution in [2.45, 2.75) is 6.92 Å². The summed E-state index contributed by atoms with van der Waals surface area (Å²) < 4.78 is 0. The molecule has 1 aliphatic rings. The van der Waals surface area contributed by atoms with Crippen LogP contribution in [0.5, 0.6) is 0 Å². The second-order valence-electron chi connectivity index (χ2n) is 2.32. The third-order valence-corrected chi connectivity index (χ3v) is 1.50. The number of dihydropyridines is 1. The zero-order chi connectivity index (χ0) is 8.97. The number of rotatable bonds is 3. The fraction of sp³-hybridized carbons (Fsp3) is 0.286. The van der Waals surface area contributed by atoms with Crippen LogP contribution in [0.1, 0.15) is 6.92 Å².